The Morgan fingerprint density at radius 3 is 2.52 bits per heavy atom. The van der Waals surface area contributed by atoms with Gasteiger partial charge in [-0.3, -0.25) is 9.78 Å². The summed E-state index contributed by atoms with van der Waals surface area (Å²) in [5.74, 6) is 5.81. The predicted octanol–water partition coefficient (Wildman–Crippen LogP) is 3.53. The fourth-order valence-corrected chi connectivity index (χ4v) is 2.07. The molecule has 0 saturated carbocycles. The molecule has 1 aromatic carbocycles. The van der Waals surface area contributed by atoms with Crippen LogP contribution in [0.4, 0.5) is 5.69 Å². The van der Waals surface area contributed by atoms with Gasteiger partial charge in [0.1, 0.15) is 5.69 Å². The van der Waals surface area contributed by atoms with E-state index in [2.05, 4.69) is 27.1 Å². The average molecular weight is 325 g/mol. The molecule has 1 amide bonds. The molecule has 0 aliphatic heterocycles. The van der Waals surface area contributed by atoms with Crippen LogP contribution in [-0.2, 0) is 4.79 Å². The molecule has 0 bridgehead atoms. The molecule has 1 N–H and O–H groups in total. The molecule has 0 radical (unpaired) electrons. The lowest BCUT2D eigenvalue weighted by Crippen LogP contribution is -2.07. The van der Waals surface area contributed by atoms with E-state index in [1.165, 1.54) is 6.08 Å². The number of pyridine rings is 2. The van der Waals surface area contributed by atoms with Crippen molar-refractivity contribution in [2.75, 3.05) is 5.32 Å². The lowest BCUT2D eigenvalue weighted by Gasteiger charge is -2.02. The van der Waals surface area contributed by atoms with Gasteiger partial charge >= 0.3 is 0 Å². The second kappa shape index (κ2) is 8.23. The van der Waals surface area contributed by atoms with Crippen LogP contribution >= 0.6 is 0 Å². The molecule has 3 rings (SSSR count). The van der Waals surface area contributed by atoms with E-state index in [9.17, 15) is 4.79 Å². The van der Waals surface area contributed by atoms with Crippen molar-refractivity contribution in [3.05, 3.63) is 96.1 Å². The van der Waals surface area contributed by atoms with Crippen LogP contribution in [-0.4, -0.2) is 15.9 Å². The van der Waals surface area contributed by atoms with Gasteiger partial charge in [0.2, 0.25) is 5.91 Å². The van der Waals surface area contributed by atoms with Crippen molar-refractivity contribution in [2.45, 2.75) is 0 Å². The maximum Gasteiger partial charge on any atom is 0.248 e. The first-order valence-corrected chi connectivity index (χ1v) is 7.73. The average Bonchev–Trinajstić information content (AvgIpc) is 2.67. The van der Waals surface area contributed by atoms with Gasteiger partial charge in [-0.2, -0.15) is 0 Å². The Hall–Kier alpha value is -3.71. The lowest BCUT2D eigenvalue weighted by atomic mass is 10.2. The number of hydrogen-bond acceptors (Lipinski definition) is 3. The molecule has 120 valence electrons. The highest BCUT2D eigenvalue weighted by molar-refractivity contribution is 6.01. The zero-order chi connectivity index (χ0) is 17.3. The second-order valence-electron chi connectivity index (χ2n) is 5.12. The van der Waals surface area contributed by atoms with E-state index in [-0.39, 0.29) is 5.91 Å². The molecule has 0 atom stereocenters. The molecule has 0 unspecified atom stereocenters. The van der Waals surface area contributed by atoms with Crippen molar-refractivity contribution in [3.8, 4) is 11.8 Å². The van der Waals surface area contributed by atoms with Gasteiger partial charge in [-0.15, -0.1) is 0 Å². The van der Waals surface area contributed by atoms with Crippen molar-refractivity contribution < 1.29 is 4.79 Å². The number of carbonyl (C=O) groups excluding carboxylic acids is 1. The van der Waals surface area contributed by atoms with Crippen molar-refractivity contribution in [3.63, 3.8) is 0 Å². The van der Waals surface area contributed by atoms with E-state index in [0.29, 0.717) is 11.4 Å². The van der Waals surface area contributed by atoms with Crippen molar-refractivity contribution >= 4 is 17.7 Å². The number of carbonyl (C=O) groups is 1. The van der Waals surface area contributed by atoms with Crippen LogP contribution in [0.3, 0.4) is 0 Å². The second-order valence-corrected chi connectivity index (χ2v) is 5.12. The maximum atomic E-state index is 12.0. The van der Waals surface area contributed by atoms with Gasteiger partial charge in [-0.25, -0.2) is 4.98 Å². The summed E-state index contributed by atoms with van der Waals surface area (Å²) in [6.07, 6.45) is 6.50. The third-order valence-corrected chi connectivity index (χ3v) is 3.22. The number of hydrogen-bond donors (Lipinski definition) is 1. The summed E-state index contributed by atoms with van der Waals surface area (Å²) in [6, 6.07) is 18.5. The lowest BCUT2D eigenvalue weighted by molar-refractivity contribution is -0.111. The van der Waals surface area contributed by atoms with E-state index >= 15 is 0 Å². The van der Waals surface area contributed by atoms with Crippen molar-refractivity contribution in [1.29, 1.82) is 0 Å². The molecule has 0 aliphatic carbocycles. The topological polar surface area (TPSA) is 54.9 Å². The Morgan fingerprint density at radius 1 is 0.920 bits per heavy atom. The Bertz CT molecular complexity index is 939. The minimum absolute atomic E-state index is 0.222. The Labute approximate surface area is 146 Å². The molecule has 2 aromatic heterocycles. The highest BCUT2D eigenvalue weighted by Gasteiger charge is 1.99. The highest BCUT2D eigenvalue weighted by atomic mass is 16.1. The number of amides is 1. The van der Waals surface area contributed by atoms with Crippen molar-refractivity contribution in [2.24, 2.45) is 0 Å². The number of benzene rings is 1. The summed E-state index contributed by atoms with van der Waals surface area (Å²) in [5, 5.41) is 2.81. The Morgan fingerprint density at radius 2 is 1.76 bits per heavy atom. The summed E-state index contributed by atoms with van der Waals surface area (Å²) in [6.45, 7) is 0. The molecule has 0 aliphatic rings. The fourth-order valence-electron chi connectivity index (χ4n) is 2.07. The monoisotopic (exact) mass is 325 g/mol. The summed E-state index contributed by atoms with van der Waals surface area (Å²) < 4.78 is 0. The molecule has 4 heteroatoms. The first-order chi connectivity index (χ1) is 12.3. The number of rotatable bonds is 3. The smallest absolute Gasteiger partial charge is 0.248 e. The molecule has 25 heavy (non-hydrogen) atoms. The number of nitrogens with zero attached hydrogens (tertiary/aromatic N) is 2. The van der Waals surface area contributed by atoms with Gasteiger partial charge in [-0.05, 0) is 54.5 Å². The third kappa shape index (κ3) is 5.15. The van der Waals surface area contributed by atoms with E-state index < -0.39 is 0 Å². The maximum absolute atomic E-state index is 12.0. The minimum Gasteiger partial charge on any atom is -0.322 e. The molecule has 0 fully saturated rings. The summed E-state index contributed by atoms with van der Waals surface area (Å²) in [5.41, 5.74) is 2.92. The molecule has 2 heterocycles. The van der Waals surface area contributed by atoms with E-state index in [0.717, 1.165) is 11.3 Å². The molecular formula is C21H15N3O. The standard InChI is InChI=1S/C21H15N3O/c25-21(13-12-19-8-2-4-15-23-19)24-20-9-5-6-17(16-20)10-11-18-7-1-3-14-22-18/h1-9,12-16H,(H,24,25)/b13-12+. The quantitative estimate of drug-likeness (QED) is 0.592. The molecule has 4 nitrogen and oxygen atoms in total. The van der Waals surface area contributed by atoms with Crippen LogP contribution in [0.25, 0.3) is 6.08 Å². The predicted molar refractivity (Wildman–Crippen MR) is 98.6 cm³/mol. The summed E-state index contributed by atoms with van der Waals surface area (Å²) in [7, 11) is 0. The SMILES string of the molecule is O=C(/C=C/c1ccccn1)Nc1cccc(C#Cc2ccccn2)c1. The molecule has 0 saturated heterocycles. The first-order valence-electron chi connectivity index (χ1n) is 7.73. The molecule has 0 spiro atoms. The normalized spacial score (nSPS) is 10.1. The number of anilines is 1. The van der Waals surface area contributed by atoms with Gasteiger partial charge in [0.15, 0.2) is 0 Å². The number of nitrogens with one attached hydrogen (secondary N) is 1. The van der Waals surface area contributed by atoms with E-state index in [1.54, 1.807) is 18.5 Å². The van der Waals surface area contributed by atoms with Gasteiger partial charge in [-0.1, -0.05) is 24.1 Å². The van der Waals surface area contributed by atoms with Gasteiger partial charge in [0.05, 0.1) is 5.69 Å². The first kappa shape index (κ1) is 16.2. The van der Waals surface area contributed by atoms with Crippen molar-refractivity contribution in [1.82, 2.24) is 9.97 Å². The van der Waals surface area contributed by atoms with E-state index in [4.69, 9.17) is 0 Å². The summed E-state index contributed by atoms with van der Waals surface area (Å²) in [4.78, 5) is 20.3. The van der Waals surface area contributed by atoms with Gasteiger partial charge in [0, 0.05) is 29.7 Å². The Kier molecular flexibility index (Phi) is 5.32. The van der Waals surface area contributed by atoms with Crippen LogP contribution < -0.4 is 5.32 Å². The van der Waals surface area contributed by atoms with Crippen LogP contribution in [0.15, 0.2) is 79.1 Å². The van der Waals surface area contributed by atoms with Gasteiger partial charge in [0.25, 0.3) is 0 Å². The van der Waals surface area contributed by atoms with Crippen LogP contribution in [0.5, 0.6) is 0 Å². The van der Waals surface area contributed by atoms with E-state index in [1.807, 2.05) is 60.7 Å². The van der Waals surface area contributed by atoms with Crippen LogP contribution in [0.1, 0.15) is 17.0 Å². The zero-order valence-corrected chi connectivity index (χ0v) is 13.4. The summed E-state index contributed by atoms with van der Waals surface area (Å²) >= 11 is 0. The van der Waals surface area contributed by atoms with Gasteiger partial charge < -0.3 is 5.32 Å². The molecule has 3 aromatic rings. The van der Waals surface area contributed by atoms with Crippen LogP contribution in [0, 0.1) is 11.8 Å². The third-order valence-electron chi connectivity index (χ3n) is 3.22. The largest absolute Gasteiger partial charge is 0.322 e. The zero-order valence-electron chi connectivity index (χ0n) is 13.4. The highest BCUT2D eigenvalue weighted by Crippen LogP contribution is 2.10. The number of aromatic nitrogens is 2. The fraction of sp³-hybridized carbons (Fsp3) is 0. The Balaban J connectivity index is 1.67. The molecular weight excluding hydrogens is 310 g/mol. The minimum atomic E-state index is -0.222. The van der Waals surface area contributed by atoms with Crippen LogP contribution in [0.2, 0.25) is 0 Å².